The van der Waals surface area contributed by atoms with Crippen LogP contribution in [0.3, 0.4) is 0 Å². The van der Waals surface area contributed by atoms with Crippen molar-refractivity contribution >= 4 is 0 Å². The summed E-state index contributed by atoms with van der Waals surface area (Å²) in [6, 6.07) is 20.9. The zero-order valence-electron chi connectivity index (χ0n) is 18.3. The molecule has 3 nitrogen and oxygen atoms in total. The first-order valence-corrected chi connectivity index (χ1v) is 11.0. The molecule has 0 radical (unpaired) electrons. The Morgan fingerprint density at radius 3 is 1.24 bits per heavy atom. The maximum Gasteiger partial charge on any atom is 0.204 e. The fourth-order valence-corrected chi connectivity index (χ4v) is 6.91. The normalized spacial score (nSPS) is 42.9. The molecule has 0 amide bonds. The molecule has 0 spiro atoms. The van der Waals surface area contributed by atoms with E-state index in [9.17, 15) is 0 Å². The summed E-state index contributed by atoms with van der Waals surface area (Å²) in [6.07, 6.45) is 0. The van der Waals surface area contributed by atoms with Crippen LogP contribution in [0.1, 0.15) is 52.7 Å². The minimum Gasteiger partial charge on any atom is -0.335 e. The maximum atomic E-state index is 7.16. The molecule has 4 heterocycles. The molecule has 29 heavy (non-hydrogen) atoms. The summed E-state index contributed by atoms with van der Waals surface area (Å²) in [5.41, 5.74) is 1.28. The molecule has 6 rings (SSSR count). The molecule has 4 aliphatic rings. The summed E-state index contributed by atoms with van der Waals surface area (Å²) in [5.74, 6) is -0.972. The third kappa shape index (κ3) is 1.95. The van der Waals surface area contributed by atoms with E-state index in [0.29, 0.717) is 0 Å². The molecule has 4 bridgehead atoms. The quantitative estimate of drug-likeness (QED) is 0.654. The largest absolute Gasteiger partial charge is 0.335 e. The molecule has 2 aromatic carbocycles. The van der Waals surface area contributed by atoms with Crippen molar-refractivity contribution in [2.75, 3.05) is 0 Å². The van der Waals surface area contributed by atoms with Crippen molar-refractivity contribution in [1.29, 1.82) is 0 Å². The molecule has 6 atom stereocenters. The molecule has 3 heteroatoms. The summed E-state index contributed by atoms with van der Waals surface area (Å²) >= 11 is 0. The highest BCUT2D eigenvalue weighted by atomic mass is 16.9. The first-order chi connectivity index (χ1) is 13.8. The van der Waals surface area contributed by atoms with E-state index in [0.717, 1.165) is 11.1 Å². The SMILES string of the molecule is CC(C)[C@]12O[C@@]3(c4ccccc4)O[C@](c4ccccc4)(O[C@]1(C(C)C)[C@H]3C)[C@H]2C. The van der Waals surface area contributed by atoms with Crippen LogP contribution in [0.25, 0.3) is 0 Å². The lowest BCUT2D eigenvalue weighted by Crippen LogP contribution is -2.59. The van der Waals surface area contributed by atoms with Crippen LogP contribution in [-0.4, -0.2) is 11.2 Å². The minimum atomic E-state index is -0.823. The lowest BCUT2D eigenvalue weighted by Gasteiger charge is -2.53. The highest BCUT2D eigenvalue weighted by Crippen LogP contribution is 2.77. The molecule has 4 fully saturated rings. The van der Waals surface area contributed by atoms with Crippen LogP contribution in [0.5, 0.6) is 0 Å². The molecule has 0 aromatic heterocycles. The van der Waals surface area contributed by atoms with Crippen molar-refractivity contribution in [2.45, 2.75) is 64.3 Å². The molecule has 154 valence electrons. The Morgan fingerprint density at radius 1 is 0.586 bits per heavy atom. The topological polar surface area (TPSA) is 27.7 Å². The van der Waals surface area contributed by atoms with E-state index < -0.39 is 22.8 Å². The van der Waals surface area contributed by atoms with Gasteiger partial charge in [-0.1, -0.05) is 102 Å². The van der Waals surface area contributed by atoms with E-state index in [1.54, 1.807) is 0 Å². The van der Waals surface area contributed by atoms with Gasteiger partial charge in [0.2, 0.25) is 11.6 Å². The minimum absolute atomic E-state index is 0.0570. The van der Waals surface area contributed by atoms with Crippen molar-refractivity contribution in [2.24, 2.45) is 23.7 Å². The van der Waals surface area contributed by atoms with Crippen molar-refractivity contribution in [3.8, 4) is 0 Å². The third-order valence-electron chi connectivity index (χ3n) is 8.05. The molecular weight excluding hydrogens is 360 g/mol. The summed E-state index contributed by atoms with van der Waals surface area (Å²) < 4.78 is 21.3. The van der Waals surface area contributed by atoms with Gasteiger partial charge < -0.3 is 14.2 Å². The summed E-state index contributed by atoms with van der Waals surface area (Å²) in [4.78, 5) is 0. The summed E-state index contributed by atoms with van der Waals surface area (Å²) in [7, 11) is 0. The van der Waals surface area contributed by atoms with Crippen LogP contribution < -0.4 is 0 Å². The summed E-state index contributed by atoms with van der Waals surface area (Å²) in [5, 5.41) is 0. The van der Waals surface area contributed by atoms with Gasteiger partial charge in [-0.2, -0.15) is 0 Å². The van der Waals surface area contributed by atoms with Crippen LogP contribution in [0.15, 0.2) is 60.7 Å². The van der Waals surface area contributed by atoms with E-state index in [-0.39, 0.29) is 23.7 Å². The van der Waals surface area contributed by atoms with Gasteiger partial charge in [0.05, 0.1) is 0 Å². The zero-order chi connectivity index (χ0) is 20.7. The Balaban J connectivity index is 1.84. The number of hydrogen-bond donors (Lipinski definition) is 0. The van der Waals surface area contributed by atoms with Gasteiger partial charge >= 0.3 is 0 Å². The molecule has 0 N–H and O–H groups in total. The molecule has 0 unspecified atom stereocenters. The van der Waals surface area contributed by atoms with E-state index in [1.165, 1.54) is 0 Å². The second-order valence-corrected chi connectivity index (χ2v) is 9.71. The Labute approximate surface area is 174 Å². The van der Waals surface area contributed by atoms with Crippen LogP contribution >= 0.6 is 0 Å². The van der Waals surface area contributed by atoms with Gasteiger partial charge in [-0.05, 0) is 11.8 Å². The maximum absolute atomic E-state index is 7.16. The predicted molar refractivity (Wildman–Crippen MR) is 113 cm³/mol. The van der Waals surface area contributed by atoms with Crippen molar-refractivity contribution in [3.63, 3.8) is 0 Å². The Bertz CT molecular complexity index is 835. The second kappa shape index (κ2) is 5.94. The zero-order valence-corrected chi connectivity index (χ0v) is 18.3. The van der Waals surface area contributed by atoms with Crippen molar-refractivity contribution in [1.82, 2.24) is 0 Å². The van der Waals surface area contributed by atoms with E-state index in [4.69, 9.17) is 14.2 Å². The van der Waals surface area contributed by atoms with Gasteiger partial charge in [0.15, 0.2) is 0 Å². The van der Waals surface area contributed by atoms with Gasteiger partial charge in [0.1, 0.15) is 11.2 Å². The van der Waals surface area contributed by atoms with E-state index in [2.05, 4.69) is 90.1 Å². The number of rotatable bonds is 4. The lowest BCUT2D eigenvalue weighted by atomic mass is 9.61. The van der Waals surface area contributed by atoms with Crippen molar-refractivity contribution in [3.05, 3.63) is 71.8 Å². The van der Waals surface area contributed by atoms with Crippen molar-refractivity contribution < 1.29 is 14.2 Å². The Hall–Kier alpha value is -1.68. The van der Waals surface area contributed by atoms with Crippen LogP contribution in [0.2, 0.25) is 0 Å². The predicted octanol–water partition coefficient (Wildman–Crippen LogP) is 5.84. The lowest BCUT2D eigenvalue weighted by molar-refractivity contribution is -0.450. The van der Waals surface area contributed by atoms with Gasteiger partial charge in [0, 0.05) is 23.0 Å². The average molecular weight is 393 g/mol. The fourth-order valence-electron chi connectivity index (χ4n) is 6.91. The molecule has 2 aromatic rings. The third-order valence-corrected chi connectivity index (χ3v) is 8.05. The number of ether oxygens (including phenoxy) is 3. The summed E-state index contributed by atoms with van der Waals surface area (Å²) in [6.45, 7) is 13.6. The van der Waals surface area contributed by atoms with E-state index in [1.807, 2.05) is 12.1 Å². The van der Waals surface area contributed by atoms with E-state index >= 15 is 0 Å². The van der Waals surface area contributed by atoms with Crippen LogP contribution in [0.4, 0.5) is 0 Å². The average Bonchev–Trinajstić information content (AvgIpc) is 3.00. The standard InChI is InChI=1S/C26H32O3/c1-17(2)23-19(5)25(21-13-9-7-10-14-21)28-24(23,18(3)4)20(6)26(27-23,29-25)22-15-11-8-12-16-22/h7-20H,1-6H3/t19-,20+,23-,24-,25-,26-/m1/s1. The Kier molecular flexibility index (Phi) is 3.95. The van der Waals surface area contributed by atoms with Gasteiger partial charge in [-0.15, -0.1) is 0 Å². The smallest absolute Gasteiger partial charge is 0.204 e. The Morgan fingerprint density at radius 2 is 0.931 bits per heavy atom. The van der Waals surface area contributed by atoms with Crippen LogP contribution in [0, 0.1) is 23.7 Å². The molecular formula is C26H32O3. The first kappa shape index (κ1) is 19.3. The second-order valence-electron chi connectivity index (χ2n) is 9.71. The van der Waals surface area contributed by atoms with Crippen LogP contribution in [-0.2, 0) is 25.8 Å². The fraction of sp³-hybridized carbons (Fsp3) is 0.538. The molecule has 4 saturated heterocycles. The van der Waals surface area contributed by atoms with Gasteiger partial charge in [-0.25, -0.2) is 0 Å². The van der Waals surface area contributed by atoms with Gasteiger partial charge in [-0.3, -0.25) is 0 Å². The molecule has 0 aliphatic carbocycles. The number of hydrogen-bond acceptors (Lipinski definition) is 3. The molecule has 4 aliphatic heterocycles. The number of benzene rings is 2. The monoisotopic (exact) mass is 392 g/mol. The highest BCUT2D eigenvalue weighted by Gasteiger charge is 2.88. The molecule has 0 saturated carbocycles. The first-order valence-electron chi connectivity index (χ1n) is 11.0. The van der Waals surface area contributed by atoms with Gasteiger partial charge in [0.25, 0.3) is 0 Å². The highest BCUT2D eigenvalue weighted by molar-refractivity contribution is 5.38.